The first-order chi connectivity index (χ1) is 12.4. The average Bonchev–Trinajstić information content (AvgIpc) is 3.27. The first-order valence-corrected chi connectivity index (χ1v) is 8.74. The van der Waals surface area contributed by atoms with E-state index in [1.165, 1.54) is 27.9 Å². The molecule has 25 heavy (non-hydrogen) atoms. The largest absolute Gasteiger partial charge is 0.454 e. The molecule has 0 radical (unpaired) electrons. The van der Waals surface area contributed by atoms with E-state index < -0.39 is 0 Å². The Morgan fingerprint density at radius 3 is 2.80 bits per heavy atom. The molecule has 3 heterocycles. The van der Waals surface area contributed by atoms with E-state index in [1.807, 2.05) is 6.07 Å². The molecule has 0 amide bonds. The van der Waals surface area contributed by atoms with Crippen LogP contribution in [-0.2, 0) is 19.5 Å². The number of benzene rings is 2. The summed E-state index contributed by atoms with van der Waals surface area (Å²) in [7, 11) is 0. The van der Waals surface area contributed by atoms with Crippen LogP contribution in [0.15, 0.2) is 54.7 Å². The standard InChI is InChI=1S/C21H20N2O2/c1-2-4-15(5-3-1)12-23-13-18(17-11-22-9-8-19(17)23)16-6-7-20-21(10-16)25-14-24-20/h1-7,10,13,22H,8-9,11-12,14H2. The van der Waals surface area contributed by atoms with Crippen molar-refractivity contribution in [1.29, 1.82) is 0 Å². The minimum atomic E-state index is 0.313. The normalized spacial score (nSPS) is 15.2. The van der Waals surface area contributed by atoms with E-state index in [0.717, 1.165) is 37.6 Å². The highest BCUT2D eigenvalue weighted by Crippen LogP contribution is 2.38. The Bertz CT molecular complexity index is 915. The summed E-state index contributed by atoms with van der Waals surface area (Å²) in [4.78, 5) is 0. The lowest BCUT2D eigenvalue weighted by Crippen LogP contribution is -2.25. The van der Waals surface area contributed by atoms with Gasteiger partial charge in [0, 0.05) is 43.5 Å². The van der Waals surface area contributed by atoms with Gasteiger partial charge in [0.25, 0.3) is 0 Å². The first-order valence-electron chi connectivity index (χ1n) is 8.74. The van der Waals surface area contributed by atoms with E-state index >= 15 is 0 Å². The summed E-state index contributed by atoms with van der Waals surface area (Å²) >= 11 is 0. The molecule has 126 valence electrons. The lowest BCUT2D eigenvalue weighted by atomic mass is 9.99. The van der Waals surface area contributed by atoms with Gasteiger partial charge < -0.3 is 19.4 Å². The second-order valence-corrected chi connectivity index (χ2v) is 6.58. The molecule has 0 aliphatic carbocycles. The Hall–Kier alpha value is -2.72. The van der Waals surface area contributed by atoms with Crippen LogP contribution in [0.25, 0.3) is 11.1 Å². The zero-order valence-electron chi connectivity index (χ0n) is 14.0. The van der Waals surface area contributed by atoms with Crippen molar-refractivity contribution in [2.75, 3.05) is 13.3 Å². The molecule has 1 N–H and O–H groups in total. The fourth-order valence-corrected chi connectivity index (χ4v) is 3.79. The molecule has 1 aromatic heterocycles. The van der Waals surface area contributed by atoms with Crippen LogP contribution in [0.1, 0.15) is 16.8 Å². The monoisotopic (exact) mass is 332 g/mol. The molecule has 5 rings (SSSR count). The molecule has 3 aromatic rings. The molecule has 2 aliphatic heterocycles. The van der Waals surface area contributed by atoms with Crippen LogP contribution in [0.4, 0.5) is 0 Å². The molecule has 0 spiro atoms. The Morgan fingerprint density at radius 1 is 1.00 bits per heavy atom. The SMILES string of the molecule is c1ccc(Cn2cc(-c3ccc4c(c3)OCO4)c3c2CCNC3)cc1. The highest BCUT2D eigenvalue weighted by atomic mass is 16.7. The maximum Gasteiger partial charge on any atom is 0.231 e. The zero-order valence-corrected chi connectivity index (χ0v) is 14.0. The highest BCUT2D eigenvalue weighted by Gasteiger charge is 2.21. The number of rotatable bonds is 3. The summed E-state index contributed by atoms with van der Waals surface area (Å²) in [5.74, 6) is 1.67. The second-order valence-electron chi connectivity index (χ2n) is 6.58. The third-order valence-corrected chi connectivity index (χ3v) is 5.02. The molecule has 2 aromatic carbocycles. The molecular weight excluding hydrogens is 312 g/mol. The summed E-state index contributed by atoms with van der Waals surface area (Å²) in [5.41, 5.74) is 6.65. The fourth-order valence-electron chi connectivity index (χ4n) is 3.79. The molecule has 4 nitrogen and oxygen atoms in total. The molecule has 0 unspecified atom stereocenters. The molecule has 2 aliphatic rings. The summed E-state index contributed by atoms with van der Waals surface area (Å²) < 4.78 is 13.4. The van der Waals surface area contributed by atoms with Gasteiger partial charge in [0.2, 0.25) is 6.79 Å². The maximum absolute atomic E-state index is 5.56. The van der Waals surface area contributed by atoms with Crippen molar-refractivity contribution in [2.24, 2.45) is 0 Å². The molecule has 0 saturated heterocycles. The minimum Gasteiger partial charge on any atom is -0.454 e. The number of ether oxygens (including phenoxy) is 2. The van der Waals surface area contributed by atoms with Crippen LogP contribution in [0.2, 0.25) is 0 Å². The van der Waals surface area contributed by atoms with Gasteiger partial charge in [-0.1, -0.05) is 36.4 Å². The second kappa shape index (κ2) is 5.97. The third kappa shape index (κ3) is 2.59. The third-order valence-electron chi connectivity index (χ3n) is 5.02. The number of nitrogens with one attached hydrogen (secondary N) is 1. The van der Waals surface area contributed by atoms with Gasteiger partial charge in [-0.2, -0.15) is 0 Å². The van der Waals surface area contributed by atoms with Crippen molar-refractivity contribution in [3.63, 3.8) is 0 Å². The first kappa shape index (κ1) is 14.6. The minimum absolute atomic E-state index is 0.313. The van der Waals surface area contributed by atoms with E-state index in [4.69, 9.17) is 9.47 Å². The molecule has 0 bridgehead atoms. The number of nitrogens with zero attached hydrogens (tertiary/aromatic N) is 1. The molecule has 0 atom stereocenters. The predicted octanol–water partition coefficient (Wildman–Crippen LogP) is 3.58. The van der Waals surface area contributed by atoms with E-state index in [9.17, 15) is 0 Å². The summed E-state index contributed by atoms with van der Waals surface area (Å²) in [5, 5.41) is 3.51. The van der Waals surface area contributed by atoms with Gasteiger partial charge in [0.05, 0.1) is 0 Å². The lowest BCUT2D eigenvalue weighted by Gasteiger charge is -2.17. The molecule has 0 saturated carbocycles. The molecular formula is C21H20N2O2. The van der Waals surface area contributed by atoms with Gasteiger partial charge in [-0.05, 0) is 28.8 Å². The fraction of sp³-hybridized carbons (Fsp3) is 0.238. The lowest BCUT2D eigenvalue weighted by molar-refractivity contribution is 0.174. The highest BCUT2D eigenvalue weighted by molar-refractivity contribution is 5.72. The van der Waals surface area contributed by atoms with Gasteiger partial charge in [0.1, 0.15) is 0 Å². The zero-order chi connectivity index (χ0) is 16.6. The average molecular weight is 332 g/mol. The van der Waals surface area contributed by atoms with E-state index in [1.54, 1.807) is 0 Å². The quantitative estimate of drug-likeness (QED) is 0.796. The summed E-state index contributed by atoms with van der Waals surface area (Å²) in [6.07, 6.45) is 3.36. The van der Waals surface area contributed by atoms with Crippen molar-refractivity contribution < 1.29 is 9.47 Å². The smallest absolute Gasteiger partial charge is 0.231 e. The van der Waals surface area contributed by atoms with Gasteiger partial charge in [0.15, 0.2) is 11.5 Å². The Morgan fingerprint density at radius 2 is 1.88 bits per heavy atom. The van der Waals surface area contributed by atoms with Gasteiger partial charge in [-0.3, -0.25) is 0 Å². The number of hydrogen-bond acceptors (Lipinski definition) is 3. The number of aromatic nitrogens is 1. The van der Waals surface area contributed by atoms with Crippen molar-refractivity contribution in [3.8, 4) is 22.6 Å². The van der Waals surface area contributed by atoms with Crippen molar-refractivity contribution >= 4 is 0 Å². The van der Waals surface area contributed by atoms with Crippen LogP contribution in [-0.4, -0.2) is 17.9 Å². The van der Waals surface area contributed by atoms with Gasteiger partial charge >= 0.3 is 0 Å². The van der Waals surface area contributed by atoms with Crippen molar-refractivity contribution in [1.82, 2.24) is 9.88 Å². The van der Waals surface area contributed by atoms with Gasteiger partial charge in [-0.25, -0.2) is 0 Å². The van der Waals surface area contributed by atoms with Crippen LogP contribution in [0, 0.1) is 0 Å². The molecule has 4 heteroatoms. The summed E-state index contributed by atoms with van der Waals surface area (Å²) in [6.45, 7) is 3.18. The molecule has 0 fully saturated rings. The number of fused-ring (bicyclic) bond motifs is 2. The summed E-state index contributed by atoms with van der Waals surface area (Å²) in [6, 6.07) is 16.9. The van der Waals surface area contributed by atoms with E-state index in [-0.39, 0.29) is 0 Å². The van der Waals surface area contributed by atoms with Crippen LogP contribution >= 0.6 is 0 Å². The number of hydrogen-bond donors (Lipinski definition) is 1. The van der Waals surface area contributed by atoms with Crippen molar-refractivity contribution in [2.45, 2.75) is 19.5 Å². The van der Waals surface area contributed by atoms with Gasteiger partial charge in [-0.15, -0.1) is 0 Å². The van der Waals surface area contributed by atoms with Crippen LogP contribution < -0.4 is 14.8 Å². The van der Waals surface area contributed by atoms with Crippen LogP contribution in [0.3, 0.4) is 0 Å². The van der Waals surface area contributed by atoms with Crippen molar-refractivity contribution in [3.05, 3.63) is 71.5 Å². The van der Waals surface area contributed by atoms with E-state index in [0.29, 0.717) is 6.79 Å². The Labute approximate surface area is 147 Å². The Kier molecular flexibility index (Phi) is 3.49. The Balaban J connectivity index is 1.58. The topological polar surface area (TPSA) is 35.4 Å². The predicted molar refractivity (Wildman–Crippen MR) is 96.9 cm³/mol. The maximum atomic E-state index is 5.56. The van der Waals surface area contributed by atoms with Crippen LogP contribution in [0.5, 0.6) is 11.5 Å². The van der Waals surface area contributed by atoms with E-state index in [2.05, 4.69) is 58.5 Å².